The smallest absolute Gasteiger partial charge is 0.325 e. The maximum absolute atomic E-state index is 12.6. The van der Waals surface area contributed by atoms with Crippen molar-refractivity contribution in [1.29, 1.82) is 0 Å². The number of methoxy groups -OCH3 is 1. The van der Waals surface area contributed by atoms with Crippen LogP contribution in [0.4, 0.5) is 4.79 Å². The number of nitrogens with zero attached hydrogens (tertiary/aromatic N) is 2. The predicted molar refractivity (Wildman–Crippen MR) is 113 cm³/mol. The maximum Gasteiger partial charge on any atom is 0.325 e. The third-order valence-electron chi connectivity index (χ3n) is 5.12. The highest BCUT2D eigenvalue weighted by molar-refractivity contribution is 6.05. The molecule has 2 heterocycles. The first kappa shape index (κ1) is 20.4. The molecule has 0 bridgehead atoms. The number of nitrogens with one attached hydrogen (secondary N) is 3. The normalized spacial score (nSPS) is 15.9. The molecule has 31 heavy (non-hydrogen) atoms. The van der Waals surface area contributed by atoms with Crippen LogP contribution in [0.3, 0.4) is 0 Å². The summed E-state index contributed by atoms with van der Waals surface area (Å²) in [5.74, 6) is 0.755. The van der Waals surface area contributed by atoms with E-state index in [-0.39, 0.29) is 18.9 Å². The van der Waals surface area contributed by atoms with Crippen LogP contribution in [0.25, 0.3) is 11.0 Å². The fourth-order valence-corrected chi connectivity index (χ4v) is 3.48. The number of H-pyrrole nitrogens is 1. The van der Waals surface area contributed by atoms with Crippen LogP contribution in [-0.2, 0) is 22.6 Å². The molecule has 1 unspecified atom stereocenters. The molecule has 3 N–H and O–H groups in total. The largest absolute Gasteiger partial charge is 0.497 e. The molecule has 2 aromatic carbocycles. The van der Waals surface area contributed by atoms with Gasteiger partial charge < -0.3 is 20.4 Å². The number of aromatic amines is 1. The Balaban J connectivity index is 1.26. The summed E-state index contributed by atoms with van der Waals surface area (Å²) >= 11 is 0. The first-order valence-corrected chi connectivity index (χ1v) is 9.98. The third kappa shape index (κ3) is 4.66. The number of benzene rings is 2. The van der Waals surface area contributed by atoms with Crippen LogP contribution in [0.5, 0.6) is 5.75 Å². The summed E-state index contributed by atoms with van der Waals surface area (Å²) in [4.78, 5) is 45.9. The van der Waals surface area contributed by atoms with Gasteiger partial charge in [0.15, 0.2) is 0 Å². The monoisotopic (exact) mass is 421 g/mol. The van der Waals surface area contributed by atoms with Gasteiger partial charge in [0.2, 0.25) is 5.91 Å². The molecule has 0 saturated carbocycles. The highest BCUT2D eigenvalue weighted by atomic mass is 16.5. The molecular formula is C22H23N5O4. The average Bonchev–Trinajstić information content (AvgIpc) is 3.30. The zero-order valence-electron chi connectivity index (χ0n) is 17.1. The van der Waals surface area contributed by atoms with Gasteiger partial charge in [0, 0.05) is 13.0 Å². The number of hydrogen-bond acceptors (Lipinski definition) is 5. The van der Waals surface area contributed by atoms with Gasteiger partial charge in [0.25, 0.3) is 5.91 Å². The number of imide groups is 1. The fourth-order valence-electron chi connectivity index (χ4n) is 3.48. The zero-order chi connectivity index (χ0) is 21.8. The van der Waals surface area contributed by atoms with Crippen LogP contribution >= 0.6 is 0 Å². The molecule has 9 heteroatoms. The Hall–Kier alpha value is -3.88. The SMILES string of the molecule is COc1ccc(CN2C(=O)NC(CC(=O)NCCc3nc4ccccc4[nH]3)C2=O)cc1. The summed E-state index contributed by atoms with van der Waals surface area (Å²) < 4.78 is 5.11. The third-order valence-corrected chi connectivity index (χ3v) is 5.12. The minimum absolute atomic E-state index is 0.107. The molecule has 0 aliphatic carbocycles. The molecule has 1 aliphatic heterocycles. The molecule has 4 amide bonds. The predicted octanol–water partition coefficient (Wildman–Crippen LogP) is 1.74. The summed E-state index contributed by atoms with van der Waals surface area (Å²) in [5, 5.41) is 5.37. The van der Waals surface area contributed by atoms with E-state index in [1.807, 2.05) is 24.3 Å². The lowest BCUT2D eigenvalue weighted by atomic mass is 10.1. The Labute approximate surface area is 178 Å². The number of carbonyl (C=O) groups is 3. The van der Waals surface area contributed by atoms with Gasteiger partial charge in [-0.15, -0.1) is 0 Å². The van der Waals surface area contributed by atoms with Crippen LogP contribution < -0.4 is 15.4 Å². The Morgan fingerprint density at radius 2 is 1.94 bits per heavy atom. The van der Waals surface area contributed by atoms with Crippen molar-refractivity contribution in [2.75, 3.05) is 13.7 Å². The summed E-state index contributed by atoms with van der Waals surface area (Å²) in [6.45, 7) is 0.516. The Bertz CT molecular complexity index is 1080. The van der Waals surface area contributed by atoms with Crippen molar-refractivity contribution in [3.63, 3.8) is 0 Å². The number of para-hydroxylation sites is 2. The summed E-state index contributed by atoms with van der Waals surface area (Å²) in [5.41, 5.74) is 2.61. The minimum atomic E-state index is -0.864. The zero-order valence-corrected chi connectivity index (χ0v) is 17.1. The number of ether oxygens (including phenoxy) is 1. The fraction of sp³-hybridized carbons (Fsp3) is 0.273. The van der Waals surface area contributed by atoms with Gasteiger partial charge in [0.1, 0.15) is 17.6 Å². The van der Waals surface area contributed by atoms with Crippen molar-refractivity contribution in [2.45, 2.75) is 25.4 Å². The highest BCUT2D eigenvalue weighted by Gasteiger charge is 2.38. The van der Waals surface area contributed by atoms with E-state index in [0.717, 1.165) is 27.3 Å². The Morgan fingerprint density at radius 1 is 1.16 bits per heavy atom. The molecule has 1 aromatic heterocycles. The maximum atomic E-state index is 12.6. The number of amides is 4. The second-order valence-corrected chi connectivity index (χ2v) is 7.28. The molecule has 1 atom stereocenters. The van der Waals surface area contributed by atoms with E-state index in [9.17, 15) is 14.4 Å². The molecule has 9 nitrogen and oxygen atoms in total. The van der Waals surface area contributed by atoms with Crippen molar-refractivity contribution >= 4 is 28.9 Å². The van der Waals surface area contributed by atoms with Gasteiger partial charge in [-0.3, -0.25) is 14.5 Å². The van der Waals surface area contributed by atoms with Gasteiger partial charge >= 0.3 is 6.03 Å². The molecule has 1 aliphatic rings. The lowest BCUT2D eigenvalue weighted by Gasteiger charge is -2.13. The molecule has 160 valence electrons. The number of carbonyl (C=O) groups excluding carboxylic acids is 3. The second kappa shape index (κ2) is 8.86. The van der Waals surface area contributed by atoms with E-state index < -0.39 is 18.0 Å². The van der Waals surface area contributed by atoms with Gasteiger partial charge in [-0.1, -0.05) is 24.3 Å². The van der Waals surface area contributed by atoms with Crippen LogP contribution in [-0.4, -0.2) is 52.4 Å². The first-order valence-electron chi connectivity index (χ1n) is 9.98. The van der Waals surface area contributed by atoms with Crippen LogP contribution in [0.1, 0.15) is 17.8 Å². The minimum Gasteiger partial charge on any atom is -0.497 e. The van der Waals surface area contributed by atoms with Crippen LogP contribution in [0.2, 0.25) is 0 Å². The van der Waals surface area contributed by atoms with Crippen molar-refractivity contribution in [2.24, 2.45) is 0 Å². The number of rotatable bonds is 8. The molecule has 1 fully saturated rings. The number of hydrogen-bond donors (Lipinski definition) is 3. The quantitative estimate of drug-likeness (QED) is 0.479. The molecule has 4 rings (SSSR count). The lowest BCUT2D eigenvalue weighted by Crippen LogP contribution is -2.37. The highest BCUT2D eigenvalue weighted by Crippen LogP contribution is 2.17. The van der Waals surface area contributed by atoms with Gasteiger partial charge in [0.05, 0.1) is 31.1 Å². The Morgan fingerprint density at radius 3 is 2.68 bits per heavy atom. The van der Waals surface area contributed by atoms with Crippen LogP contribution in [0, 0.1) is 0 Å². The molecule has 1 saturated heterocycles. The van der Waals surface area contributed by atoms with Crippen molar-refractivity contribution in [1.82, 2.24) is 25.5 Å². The van der Waals surface area contributed by atoms with Crippen molar-refractivity contribution in [3.8, 4) is 5.75 Å². The second-order valence-electron chi connectivity index (χ2n) is 7.28. The number of aromatic nitrogens is 2. The van der Waals surface area contributed by atoms with E-state index in [1.165, 1.54) is 0 Å². The summed E-state index contributed by atoms with van der Waals surface area (Å²) in [6, 6.07) is 13.4. The topological polar surface area (TPSA) is 116 Å². The van der Waals surface area contributed by atoms with E-state index in [0.29, 0.717) is 18.7 Å². The van der Waals surface area contributed by atoms with E-state index in [2.05, 4.69) is 20.6 Å². The van der Waals surface area contributed by atoms with E-state index in [1.54, 1.807) is 31.4 Å². The standard InChI is InChI=1S/C22H23N5O4/c1-31-15-8-6-14(7-9-15)13-27-21(29)18(26-22(27)30)12-20(28)23-11-10-19-24-16-4-2-3-5-17(16)25-19/h2-9,18H,10-13H2,1H3,(H,23,28)(H,24,25)(H,26,30). The summed E-state index contributed by atoms with van der Waals surface area (Å²) in [6.07, 6.45) is 0.429. The van der Waals surface area contributed by atoms with Crippen molar-refractivity contribution in [3.05, 3.63) is 59.9 Å². The average molecular weight is 421 g/mol. The van der Waals surface area contributed by atoms with Crippen LogP contribution in [0.15, 0.2) is 48.5 Å². The number of fused-ring (bicyclic) bond motifs is 1. The number of urea groups is 1. The molecular weight excluding hydrogens is 398 g/mol. The van der Waals surface area contributed by atoms with Gasteiger partial charge in [-0.05, 0) is 29.8 Å². The Kier molecular flexibility index (Phi) is 5.83. The first-order chi connectivity index (χ1) is 15.0. The molecule has 3 aromatic rings. The molecule has 0 radical (unpaired) electrons. The van der Waals surface area contributed by atoms with Gasteiger partial charge in [-0.25, -0.2) is 9.78 Å². The van der Waals surface area contributed by atoms with E-state index >= 15 is 0 Å². The van der Waals surface area contributed by atoms with E-state index in [4.69, 9.17) is 4.74 Å². The lowest BCUT2D eigenvalue weighted by molar-refractivity contribution is -0.131. The summed E-state index contributed by atoms with van der Waals surface area (Å²) in [7, 11) is 1.57. The van der Waals surface area contributed by atoms with Gasteiger partial charge in [-0.2, -0.15) is 0 Å². The number of imidazole rings is 1. The van der Waals surface area contributed by atoms with Crippen molar-refractivity contribution < 1.29 is 19.1 Å². The molecule has 0 spiro atoms.